The number of aliphatic hydroxyl groups is 1. The number of hydrogen-bond donors (Lipinski definition) is 2. The lowest BCUT2D eigenvalue weighted by molar-refractivity contribution is 0.100. The van der Waals surface area contributed by atoms with Gasteiger partial charge in [-0.1, -0.05) is 23.2 Å². The lowest BCUT2D eigenvalue weighted by Gasteiger charge is -2.23. The first-order valence-corrected chi connectivity index (χ1v) is 6.54. The molecule has 1 rings (SSSR count). The van der Waals surface area contributed by atoms with E-state index in [1.54, 1.807) is 18.2 Å². The first kappa shape index (κ1) is 18.8. The molecule has 0 bridgehead atoms. The van der Waals surface area contributed by atoms with Crippen molar-refractivity contribution in [1.29, 1.82) is 0 Å². The van der Waals surface area contributed by atoms with E-state index in [2.05, 4.69) is 5.32 Å². The number of halogens is 3. The van der Waals surface area contributed by atoms with Crippen molar-refractivity contribution in [3.8, 4) is 5.75 Å². The van der Waals surface area contributed by atoms with Crippen molar-refractivity contribution in [2.45, 2.75) is 32.4 Å². The highest BCUT2D eigenvalue weighted by molar-refractivity contribution is 6.34. The molecule has 0 aliphatic rings. The molecule has 0 spiro atoms. The molecule has 0 aliphatic carbocycles. The van der Waals surface area contributed by atoms with Crippen LogP contribution in [0.4, 0.5) is 0 Å². The molecule has 0 saturated heterocycles. The van der Waals surface area contributed by atoms with Crippen molar-refractivity contribution < 1.29 is 9.84 Å². The summed E-state index contributed by atoms with van der Waals surface area (Å²) in [5.41, 5.74) is -0.0331. The van der Waals surface area contributed by atoms with E-state index in [0.717, 1.165) is 0 Å². The fourth-order valence-electron chi connectivity index (χ4n) is 1.26. The Hall–Kier alpha value is -0.190. The molecule has 1 atom stereocenters. The second-order valence-electron chi connectivity index (χ2n) is 5.17. The third-order valence-corrected chi connectivity index (χ3v) is 2.74. The molecule has 1 aromatic carbocycles. The zero-order chi connectivity index (χ0) is 13.8. The zero-order valence-corrected chi connectivity index (χ0v) is 13.6. The van der Waals surface area contributed by atoms with Crippen LogP contribution < -0.4 is 10.1 Å². The maximum atomic E-state index is 9.77. The maximum absolute atomic E-state index is 9.77. The van der Waals surface area contributed by atoms with Crippen molar-refractivity contribution in [3.05, 3.63) is 28.2 Å². The fourth-order valence-corrected chi connectivity index (χ4v) is 1.59. The number of β-amino-alcohol motifs (C(OH)–C–C–N with tert-alkyl or cyclic N) is 1. The van der Waals surface area contributed by atoms with Crippen LogP contribution in [0.2, 0.25) is 10.0 Å². The van der Waals surface area contributed by atoms with Crippen molar-refractivity contribution in [2.24, 2.45) is 0 Å². The molecule has 19 heavy (non-hydrogen) atoms. The Kier molecular flexibility index (Phi) is 8.09. The number of nitrogens with one attached hydrogen (secondary N) is 1. The van der Waals surface area contributed by atoms with Crippen molar-refractivity contribution in [3.63, 3.8) is 0 Å². The topological polar surface area (TPSA) is 41.5 Å². The van der Waals surface area contributed by atoms with Crippen LogP contribution >= 0.6 is 35.6 Å². The van der Waals surface area contributed by atoms with E-state index in [4.69, 9.17) is 27.9 Å². The van der Waals surface area contributed by atoms with Gasteiger partial charge in [-0.05, 0) is 32.9 Å². The first-order chi connectivity index (χ1) is 8.28. The third kappa shape index (κ3) is 7.85. The Morgan fingerprint density at radius 1 is 1.32 bits per heavy atom. The van der Waals surface area contributed by atoms with Crippen molar-refractivity contribution in [1.82, 2.24) is 5.32 Å². The predicted octanol–water partition coefficient (Wildman–Crippen LogP) is 3.54. The number of hydrogen-bond acceptors (Lipinski definition) is 3. The summed E-state index contributed by atoms with van der Waals surface area (Å²) in [7, 11) is 0. The lowest BCUT2D eigenvalue weighted by Crippen LogP contribution is -2.42. The molecule has 0 heterocycles. The summed E-state index contributed by atoms with van der Waals surface area (Å²) in [6, 6.07) is 4.99. The Morgan fingerprint density at radius 2 is 1.95 bits per heavy atom. The maximum Gasteiger partial charge on any atom is 0.139 e. The van der Waals surface area contributed by atoms with Gasteiger partial charge >= 0.3 is 0 Å². The van der Waals surface area contributed by atoms with E-state index in [1.807, 2.05) is 20.8 Å². The summed E-state index contributed by atoms with van der Waals surface area (Å²) in [5.74, 6) is 0.485. The average Bonchev–Trinajstić information content (AvgIpc) is 2.26. The monoisotopic (exact) mass is 327 g/mol. The molecule has 0 fully saturated rings. The first-order valence-electron chi connectivity index (χ1n) is 5.79. The highest BCUT2D eigenvalue weighted by Crippen LogP contribution is 2.27. The van der Waals surface area contributed by atoms with Crippen LogP contribution in [-0.2, 0) is 0 Å². The molecule has 1 unspecified atom stereocenters. The smallest absolute Gasteiger partial charge is 0.139 e. The Balaban J connectivity index is 0.00000324. The minimum atomic E-state index is -0.598. The van der Waals surface area contributed by atoms with Crippen LogP contribution in [0, 0.1) is 0 Å². The van der Waals surface area contributed by atoms with Gasteiger partial charge in [0.15, 0.2) is 0 Å². The second-order valence-corrected chi connectivity index (χ2v) is 6.01. The van der Waals surface area contributed by atoms with Crippen molar-refractivity contribution >= 4 is 35.6 Å². The second kappa shape index (κ2) is 8.18. The molecule has 0 amide bonds. The summed E-state index contributed by atoms with van der Waals surface area (Å²) in [6.45, 7) is 6.74. The summed E-state index contributed by atoms with van der Waals surface area (Å²) >= 11 is 11.8. The van der Waals surface area contributed by atoms with Crippen molar-refractivity contribution in [2.75, 3.05) is 13.2 Å². The normalized spacial score (nSPS) is 12.7. The lowest BCUT2D eigenvalue weighted by atomic mass is 10.1. The predicted molar refractivity (Wildman–Crippen MR) is 83.0 cm³/mol. The molecule has 6 heteroatoms. The van der Waals surface area contributed by atoms with E-state index < -0.39 is 6.10 Å². The zero-order valence-electron chi connectivity index (χ0n) is 11.2. The fraction of sp³-hybridized carbons (Fsp3) is 0.538. The van der Waals surface area contributed by atoms with E-state index in [0.29, 0.717) is 22.3 Å². The van der Waals surface area contributed by atoms with Gasteiger partial charge in [-0.3, -0.25) is 0 Å². The van der Waals surface area contributed by atoms with Gasteiger partial charge in [0.25, 0.3) is 0 Å². The highest BCUT2D eigenvalue weighted by atomic mass is 35.5. The largest absolute Gasteiger partial charge is 0.489 e. The quantitative estimate of drug-likeness (QED) is 0.868. The standard InChI is InChI=1S/C13H19Cl2NO2.ClH/c1-13(2,3)16-7-10(17)8-18-12-6-9(14)4-5-11(12)15;/h4-6,10,16-17H,7-8H2,1-3H3;1H. The van der Waals surface area contributed by atoms with E-state index in [9.17, 15) is 5.11 Å². The molecule has 110 valence electrons. The Morgan fingerprint density at radius 3 is 2.53 bits per heavy atom. The molecular weight excluding hydrogens is 309 g/mol. The van der Waals surface area contributed by atoms with Crippen LogP contribution in [0.25, 0.3) is 0 Å². The number of rotatable bonds is 5. The van der Waals surface area contributed by atoms with Gasteiger partial charge in [0.1, 0.15) is 18.5 Å². The highest BCUT2D eigenvalue weighted by Gasteiger charge is 2.13. The van der Waals surface area contributed by atoms with E-state index in [-0.39, 0.29) is 24.6 Å². The van der Waals surface area contributed by atoms with Gasteiger partial charge in [0.05, 0.1) is 5.02 Å². The molecule has 0 aromatic heterocycles. The Bertz CT molecular complexity index is 394. The van der Waals surface area contributed by atoms with Crippen LogP contribution in [0.1, 0.15) is 20.8 Å². The van der Waals surface area contributed by atoms with Crippen LogP contribution in [0.5, 0.6) is 5.75 Å². The van der Waals surface area contributed by atoms with E-state index in [1.165, 1.54) is 0 Å². The van der Waals surface area contributed by atoms with Gasteiger partial charge in [0, 0.05) is 23.2 Å². The summed E-state index contributed by atoms with van der Waals surface area (Å²) in [4.78, 5) is 0. The minimum absolute atomic E-state index is 0. The summed E-state index contributed by atoms with van der Waals surface area (Å²) in [5, 5.41) is 14.0. The molecule has 2 N–H and O–H groups in total. The number of benzene rings is 1. The summed E-state index contributed by atoms with van der Waals surface area (Å²) < 4.78 is 5.44. The molecule has 0 saturated carbocycles. The average molecular weight is 329 g/mol. The van der Waals surface area contributed by atoms with Gasteiger partial charge in [0.2, 0.25) is 0 Å². The molecule has 1 aromatic rings. The van der Waals surface area contributed by atoms with E-state index >= 15 is 0 Å². The Labute approximate surface area is 130 Å². The molecule has 0 aliphatic heterocycles. The van der Waals surface area contributed by atoms with Gasteiger partial charge in [-0.15, -0.1) is 12.4 Å². The molecule has 0 radical (unpaired) electrons. The SMILES string of the molecule is CC(C)(C)NCC(O)COc1cc(Cl)ccc1Cl.Cl. The van der Waals surface area contributed by atoms with Gasteiger partial charge in [-0.2, -0.15) is 0 Å². The van der Waals surface area contributed by atoms with Gasteiger partial charge in [-0.25, -0.2) is 0 Å². The number of ether oxygens (including phenoxy) is 1. The number of aliphatic hydroxyl groups excluding tert-OH is 1. The third-order valence-electron chi connectivity index (χ3n) is 2.19. The van der Waals surface area contributed by atoms with Crippen LogP contribution in [0.15, 0.2) is 18.2 Å². The summed E-state index contributed by atoms with van der Waals surface area (Å²) in [6.07, 6.45) is -0.598. The van der Waals surface area contributed by atoms with Gasteiger partial charge < -0.3 is 15.2 Å². The minimum Gasteiger partial charge on any atom is -0.489 e. The molecule has 3 nitrogen and oxygen atoms in total. The van der Waals surface area contributed by atoms with Crippen LogP contribution in [-0.4, -0.2) is 29.9 Å². The molecular formula is C13H20Cl3NO2. The van der Waals surface area contributed by atoms with Crippen LogP contribution in [0.3, 0.4) is 0 Å².